The number of Topliss-reactive ketones (excluding diaryl/α,β-unsaturated/α-hetero) is 1. The summed E-state index contributed by atoms with van der Waals surface area (Å²) >= 11 is 0. The van der Waals surface area contributed by atoms with Crippen LogP contribution in [0.2, 0.25) is 0 Å². The van der Waals surface area contributed by atoms with Gasteiger partial charge in [0.2, 0.25) is 23.5 Å². The molecule has 0 spiro atoms. The second kappa shape index (κ2) is 11.6. The molecular formula is C22H30F2N4O4. The third kappa shape index (κ3) is 7.65. The highest BCUT2D eigenvalue weighted by Crippen LogP contribution is 2.36. The fourth-order valence-electron chi connectivity index (χ4n) is 3.47. The zero-order valence-electron chi connectivity index (χ0n) is 18.3. The van der Waals surface area contributed by atoms with Gasteiger partial charge in [-0.15, -0.1) is 0 Å². The van der Waals surface area contributed by atoms with Crippen molar-refractivity contribution >= 4 is 23.5 Å². The van der Waals surface area contributed by atoms with Gasteiger partial charge in [-0.1, -0.05) is 19.4 Å². The van der Waals surface area contributed by atoms with Gasteiger partial charge in [0.1, 0.15) is 6.04 Å². The minimum Gasteiger partial charge on any atom is -0.344 e. The highest BCUT2D eigenvalue weighted by Gasteiger charge is 2.38. The molecule has 1 aliphatic rings. The number of pyridine rings is 1. The molecule has 0 bridgehead atoms. The van der Waals surface area contributed by atoms with Gasteiger partial charge in [-0.3, -0.25) is 24.2 Å². The van der Waals surface area contributed by atoms with Crippen molar-refractivity contribution in [1.82, 2.24) is 20.9 Å². The standard InChI is InChI=1S/C22H30F2N4O4/c1-3-6-17(18(29)21(32)26-13-16-7-4-5-12-25-16)28-19(30)14(2)27-20(31)15-8-10-22(23,24)11-9-15/h4-5,7,12,14-15,17H,3,6,8-11,13H2,1-2H3,(H,26,32)(H,27,31)(H,28,30)/t14-,17-/m1/s1. The van der Waals surface area contributed by atoms with Crippen molar-refractivity contribution in [3.63, 3.8) is 0 Å². The molecule has 1 fully saturated rings. The number of carbonyl (C=O) groups is 4. The Bertz CT molecular complexity index is 809. The first kappa shape index (κ1) is 25.4. The number of rotatable bonds is 10. The number of hydrogen-bond acceptors (Lipinski definition) is 5. The highest BCUT2D eigenvalue weighted by atomic mass is 19.3. The summed E-state index contributed by atoms with van der Waals surface area (Å²) in [5, 5.41) is 7.53. The zero-order chi connectivity index (χ0) is 23.7. The van der Waals surface area contributed by atoms with Gasteiger partial charge in [0.05, 0.1) is 18.3 Å². The Morgan fingerprint density at radius 3 is 2.44 bits per heavy atom. The fraction of sp³-hybridized carbons (Fsp3) is 0.591. The van der Waals surface area contributed by atoms with Crippen molar-refractivity contribution in [2.75, 3.05) is 0 Å². The molecule has 8 nitrogen and oxygen atoms in total. The van der Waals surface area contributed by atoms with Crippen LogP contribution in [0.25, 0.3) is 0 Å². The Labute approximate surface area is 185 Å². The molecule has 0 aliphatic heterocycles. The van der Waals surface area contributed by atoms with Crippen LogP contribution in [0.15, 0.2) is 24.4 Å². The topological polar surface area (TPSA) is 117 Å². The Kier molecular flexibility index (Phi) is 9.22. The molecule has 2 rings (SSSR count). The molecule has 0 aromatic carbocycles. The molecular weight excluding hydrogens is 422 g/mol. The van der Waals surface area contributed by atoms with Crippen LogP contribution in [0.1, 0.15) is 58.1 Å². The van der Waals surface area contributed by atoms with Gasteiger partial charge in [-0.2, -0.15) is 0 Å². The molecule has 1 heterocycles. The van der Waals surface area contributed by atoms with E-state index in [0.29, 0.717) is 12.1 Å². The summed E-state index contributed by atoms with van der Waals surface area (Å²) in [7, 11) is 0. The Morgan fingerprint density at radius 2 is 1.84 bits per heavy atom. The SMILES string of the molecule is CCC[C@@H](NC(=O)[C@@H](C)NC(=O)C1CCC(F)(F)CC1)C(=O)C(=O)NCc1ccccn1. The summed E-state index contributed by atoms with van der Waals surface area (Å²) in [6.07, 6.45) is 1.76. The lowest BCUT2D eigenvalue weighted by molar-refractivity contribution is -0.140. The summed E-state index contributed by atoms with van der Waals surface area (Å²) in [6, 6.07) is 3.17. The number of hydrogen-bond donors (Lipinski definition) is 3. The predicted octanol–water partition coefficient (Wildman–Crippen LogP) is 1.88. The molecule has 1 aromatic heterocycles. The number of ketones is 1. The number of nitrogens with zero attached hydrogens (tertiary/aromatic N) is 1. The fourth-order valence-corrected chi connectivity index (χ4v) is 3.47. The lowest BCUT2D eigenvalue weighted by atomic mass is 9.86. The van der Waals surface area contributed by atoms with E-state index >= 15 is 0 Å². The molecule has 0 radical (unpaired) electrons. The van der Waals surface area contributed by atoms with Crippen LogP contribution in [0.3, 0.4) is 0 Å². The van der Waals surface area contributed by atoms with E-state index in [2.05, 4.69) is 20.9 Å². The minimum absolute atomic E-state index is 0.0561. The van der Waals surface area contributed by atoms with Crippen LogP contribution in [-0.2, 0) is 25.7 Å². The van der Waals surface area contributed by atoms with E-state index in [9.17, 15) is 28.0 Å². The number of halogens is 2. The van der Waals surface area contributed by atoms with Gasteiger partial charge in [0.15, 0.2) is 0 Å². The lowest BCUT2D eigenvalue weighted by Gasteiger charge is -2.28. The molecule has 0 saturated heterocycles. The quantitative estimate of drug-likeness (QED) is 0.469. The maximum Gasteiger partial charge on any atom is 0.289 e. The van der Waals surface area contributed by atoms with Crippen molar-refractivity contribution in [3.05, 3.63) is 30.1 Å². The van der Waals surface area contributed by atoms with Crippen molar-refractivity contribution < 1.29 is 28.0 Å². The second-order valence-corrected chi connectivity index (χ2v) is 8.08. The van der Waals surface area contributed by atoms with E-state index in [4.69, 9.17) is 0 Å². The molecule has 32 heavy (non-hydrogen) atoms. The van der Waals surface area contributed by atoms with E-state index < -0.39 is 47.4 Å². The predicted molar refractivity (Wildman–Crippen MR) is 112 cm³/mol. The molecule has 0 unspecified atom stereocenters. The van der Waals surface area contributed by atoms with E-state index in [1.54, 1.807) is 24.4 Å². The first-order valence-electron chi connectivity index (χ1n) is 10.8. The number of amides is 3. The minimum atomic E-state index is -2.75. The maximum atomic E-state index is 13.3. The van der Waals surface area contributed by atoms with E-state index in [0.717, 1.165) is 0 Å². The van der Waals surface area contributed by atoms with Crippen LogP contribution in [0.4, 0.5) is 8.78 Å². The highest BCUT2D eigenvalue weighted by molar-refractivity contribution is 6.38. The van der Waals surface area contributed by atoms with Crippen LogP contribution >= 0.6 is 0 Å². The summed E-state index contributed by atoms with van der Waals surface area (Å²) in [6.45, 7) is 3.33. The van der Waals surface area contributed by atoms with Crippen molar-refractivity contribution in [1.29, 1.82) is 0 Å². The number of alkyl halides is 2. The van der Waals surface area contributed by atoms with Crippen LogP contribution in [-0.4, -0.2) is 46.5 Å². The average molecular weight is 453 g/mol. The number of aromatic nitrogens is 1. The second-order valence-electron chi connectivity index (χ2n) is 8.08. The summed E-state index contributed by atoms with van der Waals surface area (Å²) in [5.41, 5.74) is 0.585. The molecule has 2 atom stereocenters. The Balaban J connectivity index is 1.87. The molecule has 10 heteroatoms. The Hall–Kier alpha value is -2.91. The number of nitrogens with one attached hydrogen (secondary N) is 3. The average Bonchev–Trinajstić information content (AvgIpc) is 2.77. The van der Waals surface area contributed by atoms with Crippen LogP contribution in [0.5, 0.6) is 0 Å². The molecule has 3 N–H and O–H groups in total. The van der Waals surface area contributed by atoms with Crippen molar-refractivity contribution in [2.24, 2.45) is 5.92 Å². The molecule has 1 saturated carbocycles. The van der Waals surface area contributed by atoms with E-state index in [1.165, 1.54) is 6.92 Å². The third-order valence-electron chi connectivity index (χ3n) is 5.43. The van der Waals surface area contributed by atoms with E-state index in [-0.39, 0.29) is 38.6 Å². The molecule has 1 aromatic rings. The van der Waals surface area contributed by atoms with Crippen molar-refractivity contribution in [2.45, 2.75) is 76.9 Å². The summed E-state index contributed by atoms with van der Waals surface area (Å²) in [4.78, 5) is 53.7. The monoisotopic (exact) mass is 452 g/mol. The van der Waals surface area contributed by atoms with Gasteiger partial charge >= 0.3 is 0 Å². The van der Waals surface area contributed by atoms with Gasteiger partial charge in [-0.05, 0) is 38.3 Å². The third-order valence-corrected chi connectivity index (χ3v) is 5.43. The zero-order valence-corrected chi connectivity index (χ0v) is 18.3. The van der Waals surface area contributed by atoms with Gasteiger partial charge in [0.25, 0.3) is 5.91 Å². The first-order chi connectivity index (χ1) is 15.1. The molecule has 176 valence electrons. The van der Waals surface area contributed by atoms with Crippen molar-refractivity contribution in [3.8, 4) is 0 Å². The van der Waals surface area contributed by atoms with Crippen LogP contribution in [0, 0.1) is 5.92 Å². The first-order valence-corrected chi connectivity index (χ1v) is 10.8. The normalized spacial score (nSPS) is 17.6. The largest absolute Gasteiger partial charge is 0.344 e. The smallest absolute Gasteiger partial charge is 0.289 e. The van der Waals surface area contributed by atoms with Gasteiger partial charge < -0.3 is 16.0 Å². The number of carbonyl (C=O) groups excluding carboxylic acids is 4. The summed E-state index contributed by atoms with van der Waals surface area (Å²) < 4.78 is 26.6. The summed E-state index contributed by atoms with van der Waals surface area (Å²) in [5.74, 6) is -6.03. The lowest BCUT2D eigenvalue weighted by Crippen LogP contribution is -2.53. The van der Waals surface area contributed by atoms with Gasteiger partial charge in [-0.25, -0.2) is 8.78 Å². The molecule has 3 amide bonds. The Morgan fingerprint density at radius 1 is 1.16 bits per heavy atom. The van der Waals surface area contributed by atoms with Crippen LogP contribution < -0.4 is 16.0 Å². The van der Waals surface area contributed by atoms with Gasteiger partial charge in [0, 0.05) is 25.0 Å². The molecule has 1 aliphatic carbocycles. The maximum absolute atomic E-state index is 13.3. The van der Waals surface area contributed by atoms with E-state index in [1.807, 2.05) is 6.92 Å².